The van der Waals surface area contributed by atoms with Gasteiger partial charge in [0.1, 0.15) is 6.04 Å². The second-order valence-electron chi connectivity index (χ2n) is 4.74. The van der Waals surface area contributed by atoms with Gasteiger partial charge in [0, 0.05) is 12.6 Å². The first kappa shape index (κ1) is 11.9. The highest BCUT2D eigenvalue weighted by Gasteiger charge is 2.41. The summed E-state index contributed by atoms with van der Waals surface area (Å²) in [5.41, 5.74) is 0. The van der Waals surface area contributed by atoms with E-state index in [0.29, 0.717) is 18.1 Å². The third-order valence-electron chi connectivity index (χ3n) is 3.79. The van der Waals surface area contributed by atoms with Crippen LogP contribution in [0.5, 0.6) is 0 Å². The van der Waals surface area contributed by atoms with Crippen molar-refractivity contribution in [2.24, 2.45) is 5.92 Å². The van der Waals surface area contributed by atoms with Crippen LogP contribution in [0.25, 0.3) is 0 Å². The largest absolute Gasteiger partial charge is 0.468 e. The van der Waals surface area contributed by atoms with Gasteiger partial charge >= 0.3 is 5.97 Å². The first-order valence-electron chi connectivity index (χ1n) is 6.20. The molecule has 16 heavy (non-hydrogen) atoms. The summed E-state index contributed by atoms with van der Waals surface area (Å²) in [6.07, 6.45) is 4.62. The molecule has 1 heterocycles. The van der Waals surface area contributed by atoms with E-state index in [1.807, 2.05) is 6.92 Å². The second kappa shape index (κ2) is 5.15. The molecule has 4 unspecified atom stereocenters. The fourth-order valence-corrected chi connectivity index (χ4v) is 3.00. The second-order valence-corrected chi connectivity index (χ2v) is 4.74. The zero-order chi connectivity index (χ0) is 11.5. The lowest BCUT2D eigenvalue weighted by atomic mass is 9.83. The van der Waals surface area contributed by atoms with Gasteiger partial charge in [-0.25, -0.2) is 0 Å². The van der Waals surface area contributed by atoms with Gasteiger partial charge in [-0.1, -0.05) is 0 Å². The molecule has 0 spiro atoms. The van der Waals surface area contributed by atoms with E-state index in [1.165, 1.54) is 7.11 Å². The Balaban J connectivity index is 1.88. The van der Waals surface area contributed by atoms with Gasteiger partial charge < -0.3 is 14.8 Å². The molecule has 0 bridgehead atoms. The standard InChI is InChI=1S/C12H21NO3/c1-3-16-9-5-4-8-6-11(12(14)15-2)13-10(8)7-9/h8-11,13H,3-7H2,1-2H3. The third-order valence-corrected chi connectivity index (χ3v) is 3.79. The monoisotopic (exact) mass is 227 g/mol. The minimum atomic E-state index is -0.123. The van der Waals surface area contributed by atoms with Crippen LogP contribution >= 0.6 is 0 Å². The van der Waals surface area contributed by atoms with E-state index in [4.69, 9.17) is 9.47 Å². The van der Waals surface area contributed by atoms with Crippen molar-refractivity contribution in [1.82, 2.24) is 5.32 Å². The first-order chi connectivity index (χ1) is 7.74. The molecule has 1 aliphatic carbocycles. The van der Waals surface area contributed by atoms with Crippen molar-refractivity contribution in [2.45, 2.75) is 50.8 Å². The lowest BCUT2D eigenvalue weighted by Crippen LogP contribution is -2.41. The normalized spacial score (nSPS) is 38.1. The molecule has 92 valence electrons. The SMILES string of the molecule is CCOC1CCC2CC(C(=O)OC)NC2C1. The number of methoxy groups -OCH3 is 1. The number of hydrogen-bond donors (Lipinski definition) is 1. The molecule has 2 fully saturated rings. The van der Waals surface area contributed by atoms with Crippen molar-refractivity contribution < 1.29 is 14.3 Å². The number of nitrogens with one attached hydrogen (secondary N) is 1. The van der Waals surface area contributed by atoms with Crippen molar-refractivity contribution in [1.29, 1.82) is 0 Å². The fourth-order valence-electron chi connectivity index (χ4n) is 3.00. The van der Waals surface area contributed by atoms with E-state index < -0.39 is 0 Å². The highest BCUT2D eigenvalue weighted by Crippen LogP contribution is 2.34. The zero-order valence-electron chi connectivity index (χ0n) is 10.1. The highest BCUT2D eigenvalue weighted by atomic mass is 16.5. The van der Waals surface area contributed by atoms with Crippen LogP contribution in [0.4, 0.5) is 0 Å². The number of rotatable bonds is 3. The number of hydrogen-bond acceptors (Lipinski definition) is 4. The fraction of sp³-hybridized carbons (Fsp3) is 0.917. The summed E-state index contributed by atoms with van der Waals surface area (Å²) in [5.74, 6) is 0.503. The summed E-state index contributed by atoms with van der Waals surface area (Å²) in [6, 6.07) is 0.342. The highest BCUT2D eigenvalue weighted by molar-refractivity contribution is 5.76. The molecule has 2 rings (SSSR count). The molecule has 1 aliphatic heterocycles. The van der Waals surface area contributed by atoms with Crippen molar-refractivity contribution >= 4 is 5.97 Å². The van der Waals surface area contributed by atoms with Gasteiger partial charge in [-0.15, -0.1) is 0 Å². The zero-order valence-corrected chi connectivity index (χ0v) is 10.1. The van der Waals surface area contributed by atoms with E-state index in [1.54, 1.807) is 0 Å². The van der Waals surface area contributed by atoms with Gasteiger partial charge in [-0.3, -0.25) is 4.79 Å². The van der Waals surface area contributed by atoms with Gasteiger partial charge in [-0.2, -0.15) is 0 Å². The number of ether oxygens (including phenoxy) is 2. The van der Waals surface area contributed by atoms with Crippen LogP contribution in [-0.2, 0) is 14.3 Å². The molecule has 0 radical (unpaired) electrons. The van der Waals surface area contributed by atoms with Crippen LogP contribution in [0, 0.1) is 5.92 Å². The van der Waals surface area contributed by atoms with Crippen molar-refractivity contribution in [3.63, 3.8) is 0 Å². The molecule has 4 atom stereocenters. The van der Waals surface area contributed by atoms with Gasteiger partial charge in [0.15, 0.2) is 0 Å². The van der Waals surface area contributed by atoms with Crippen LogP contribution in [0.15, 0.2) is 0 Å². The molecule has 0 aromatic heterocycles. The maximum Gasteiger partial charge on any atom is 0.322 e. The molecule has 1 saturated heterocycles. The Morgan fingerprint density at radius 2 is 2.19 bits per heavy atom. The molecule has 4 heteroatoms. The molecule has 0 aromatic rings. The molecule has 2 aliphatic rings. The van der Waals surface area contributed by atoms with Crippen LogP contribution in [0.3, 0.4) is 0 Å². The average Bonchev–Trinajstić information content (AvgIpc) is 2.71. The van der Waals surface area contributed by atoms with Crippen LogP contribution in [0.2, 0.25) is 0 Å². The summed E-state index contributed by atoms with van der Waals surface area (Å²) in [4.78, 5) is 11.4. The van der Waals surface area contributed by atoms with Crippen LogP contribution < -0.4 is 5.32 Å². The topological polar surface area (TPSA) is 47.6 Å². The average molecular weight is 227 g/mol. The molecule has 1 N–H and O–H groups in total. The molecule has 1 saturated carbocycles. The molecule has 4 nitrogen and oxygen atoms in total. The Morgan fingerprint density at radius 1 is 1.38 bits per heavy atom. The minimum Gasteiger partial charge on any atom is -0.468 e. The Morgan fingerprint density at radius 3 is 2.88 bits per heavy atom. The number of fused-ring (bicyclic) bond motifs is 1. The van der Waals surface area contributed by atoms with E-state index in [0.717, 1.165) is 32.3 Å². The number of esters is 1. The molecule has 0 aromatic carbocycles. The Bertz CT molecular complexity index is 257. The molecular formula is C12H21NO3. The van der Waals surface area contributed by atoms with Crippen LogP contribution in [0.1, 0.15) is 32.6 Å². The summed E-state index contributed by atoms with van der Waals surface area (Å²) in [5, 5.41) is 3.38. The predicted molar refractivity (Wildman–Crippen MR) is 60.1 cm³/mol. The third kappa shape index (κ3) is 2.38. The molecular weight excluding hydrogens is 206 g/mol. The van der Waals surface area contributed by atoms with Crippen molar-refractivity contribution in [2.75, 3.05) is 13.7 Å². The summed E-state index contributed by atoms with van der Waals surface area (Å²) < 4.78 is 10.4. The van der Waals surface area contributed by atoms with E-state index in [9.17, 15) is 4.79 Å². The van der Waals surface area contributed by atoms with E-state index >= 15 is 0 Å². The van der Waals surface area contributed by atoms with Gasteiger partial charge in [-0.05, 0) is 38.5 Å². The maximum atomic E-state index is 11.4. The van der Waals surface area contributed by atoms with Gasteiger partial charge in [0.25, 0.3) is 0 Å². The van der Waals surface area contributed by atoms with Crippen molar-refractivity contribution in [3.8, 4) is 0 Å². The smallest absolute Gasteiger partial charge is 0.322 e. The lowest BCUT2D eigenvalue weighted by molar-refractivity contribution is -0.142. The van der Waals surface area contributed by atoms with E-state index in [2.05, 4.69) is 5.32 Å². The quantitative estimate of drug-likeness (QED) is 0.733. The number of carbonyl (C=O) groups excluding carboxylic acids is 1. The van der Waals surface area contributed by atoms with Gasteiger partial charge in [0.05, 0.1) is 13.2 Å². The maximum absolute atomic E-state index is 11.4. The van der Waals surface area contributed by atoms with Crippen molar-refractivity contribution in [3.05, 3.63) is 0 Å². The Kier molecular flexibility index (Phi) is 3.82. The van der Waals surface area contributed by atoms with Crippen LogP contribution in [-0.4, -0.2) is 37.9 Å². The lowest BCUT2D eigenvalue weighted by Gasteiger charge is -2.31. The predicted octanol–water partition coefficient (Wildman–Crippen LogP) is 1.10. The van der Waals surface area contributed by atoms with E-state index in [-0.39, 0.29) is 12.0 Å². The first-order valence-corrected chi connectivity index (χ1v) is 6.20. The Hall–Kier alpha value is -0.610. The summed E-state index contributed by atoms with van der Waals surface area (Å²) in [7, 11) is 1.45. The summed E-state index contributed by atoms with van der Waals surface area (Å²) in [6.45, 7) is 2.81. The molecule has 0 amide bonds. The number of carbonyl (C=O) groups is 1. The summed E-state index contributed by atoms with van der Waals surface area (Å²) >= 11 is 0. The Labute approximate surface area is 96.7 Å². The van der Waals surface area contributed by atoms with Gasteiger partial charge in [0.2, 0.25) is 0 Å². The minimum absolute atomic E-state index is 0.0969.